The molecule has 3 aromatic heterocycles. The third-order valence-electron chi connectivity index (χ3n) is 4.02. The van der Waals surface area contributed by atoms with Crippen LogP contribution < -0.4 is 10.1 Å². The molecule has 0 fully saturated rings. The molecule has 27 heavy (non-hydrogen) atoms. The summed E-state index contributed by atoms with van der Waals surface area (Å²) in [5.41, 5.74) is 2.35. The fourth-order valence-electron chi connectivity index (χ4n) is 2.72. The van der Waals surface area contributed by atoms with Crippen LogP contribution >= 0.6 is 22.9 Å². The van der Waals surface area contributed by atoms with Crippen molar-refractivity contribution in [2.24, 2.45) is 0 Å². The molecule has 0 spiro atoms. The van der Waals surface area contributed by atoms with E-state index in [2.05, 4.69) is 20.4 Å². The normalized spacial score (nSPS) is 10.9. The molecular formula is C18H14ClN5O2S. The number of anilines is 1. The zero-order valence-electron chi connectivity index (χ0n) is 14.4. The average Bonchev–Trinajstić information content (AvgIpc) is 3.30. The van der Waals surface area contributed by atoms with Gasteiger partial charge in [0.05, 0.1) is 34.5 Å². The van der Waals surface area contributed by atoms with Crippen LogP contribution in [0.4, 0.5) is 5.13 Å². The number of aromatic nitrogens is 4. The molecule has 0 saturated heterocycles. The molecule has 9 heteroatoms. The molecule has 0 radical (unpaired) electrons. The van der Waals surface area contributed by atoms with Gasteiger partial charge in [-0.15, -0.1) is 11.3 Å². The van der Waals surface area contributed by atoms with Crippen LogP contribution in [0.15, 0.2) is 42.0 Å². The third-order valence-corrected chi connectivity index (χ3v) is 5.10. The van der Waals surface area contributed by atoms with Gasteiger partial charge in [0.25, 0.3) is 5.91 Å². The summed E-state index contributed by atoms with van der Waals surface area (Å²) in [6.07, 6.45) is 3.07. The average molecular weight is 400 g/mol. The summed E-state index contributed by atoms with van der Waals surface area (Å²) in [6.45, 7) is 1.83. The second kappa shape index (κ2) is 6.98. The fourth-order valence-corrected chi connectivity index (χ4v) is 3.60. The standard InChI is InChI=1S/C18H14ClN5O2S/c1-10-14-15(19)13(17(25)22-18-20-7-8-27-18)9-21-16(14)24(23-10)11-3-5-12(26-2)6-4-11/h3-9H,1-2H3,(H,20,22,25). The summed E-state index contributed by atoms with van der Waals surface area (Å²) in [5.74, 6) is 0.389. The number of rotatable bonds is 4. The van der Waals surface area contributed by atoms with E-state index in [1.807, 2.05) is 31.2 Å². The maximum Gasteiger partial charge on any atom is 0.260 e. The van der Waals surface area contributed by atoms with E-state index >= 15 is 0 Å². The van der Waals surface area contributed by atoms with Crippen LogP contribution in [0.3, 0.4) is 0 Å². The molecule has 1 N–H and O–H groups in total. The van der Waals surface area contributed by atoms with E-state index in [1.165, 1.54) is 17.5 Å². The van der Waals surface area contributed by atoms with Crippen LogP contribution in [0.1, 0.15) is 16.1 Å². The van der Waals surface area contributed by atoms with Gasteiger partial charge in [-0.25, -0.2) is 14.6 Å². The number of ether oxygens (including phenoxy) is 1. The second-order valence-electron chi connectivity index (χ2n) is 5.67. The Balaban J connectivity index is 1.77. The highest BCUT2D eigenvalue weighted by Gasteiger charge is 2.20. The number of amides is 1. The number of benzene rings is 1. The van der Waals surface area contributed by atoms with Gasteiger partial charge in [-0.3, -0.25) is 10.1 Å². The Morgan fingerprint density at radius 1 is 1.26 bits per heavy atom. The van der Waals surface area contributed by atoms with Gasteiger partial charge in [0.15, 0.2) is 10.8 Å². The summed E-state index contributed by atoms with van der Waals surface area (Å²) >= 11 is 7.87. The Bertz CT molecular complexity index is 1120. The predicted octanol–water partition coefficient (Wildman–Crippen LogP) is 4.10. The highest BCUT2D eigenvalue weighted by Crippen LogP contribution is 2.30. The van der Waals surface area contributed by atoms with Crippen molar-refractivity contribution in [1.29, 1.82) is 0 Å². The van der Waals surface area contributed by atoms with Gasteiger partial charge >= 0.3 is 0 Å². The van der Waals surface area contributed by atoms with Crippen molar-refractivity contribution in [3.63, 3.8) is 0 Å². The van der Waals surface area contributed by atoms with Crippen LogP contribution in [0.5, 0.6) is 5.75 Å². The van der Waals surface area contributed by atoms with Gasteiger partial charge in [0, 0.05) is 17.8 Å². The number of nitrogens with zero attached hydrogens (tertiary/aromatic N) is 4. The van der Waals surface area contributed by atoms with Crippen molar-refractivity contribution in [2.75, 3.05) is 12.4 Å². The molecule has 0 unspecified atom stereocenters. The van der Waals surface area contributed by atoms with Crippen molar-refractivity contribution in [2.45, 2.75) is 6.92 Å². The van der Waals surface area contributed by atoms with Crippen molar-refractivity contribution in [3.8, 4) is 11.4 Å². The Labute approximate surface area is 163 Å². The lowest BCUT2D eigenvalue weighted by molar-refractivity contribution is 0.102. The zero-order chi connectivity index (χ0) is 19.0. The van der Waals surface area contributed by atoms with Crippen LogP contribution in [0, 0.1) is 6.92 Å². The first-order valence-electron chi connectivity index (χ1n) is 7.97. The number of hydrogen-bond acceptors (Lipinski definition) is 6. The van der Waals surface area contributed by atoms with Crippen LogP contribution in [-0.2, 0) is 0 Å². The van der Waals surface area contributed by atoms with Crippen molar-refractivity contribution in [3.05, 3.63) is 58.3 Å². The summed E-state index contributed by atoms with van der Waals surface area (Å²) in [7, 11) is 1.61. The van der Waals surface area contributed by atoms with E-state index in [4.69, 9.17) is 16.3 Å². The first kappa shape index (κ1) is 17.4. The molecule has 7 nitrogen and oxygen atoms in total. The number of carbonyl (C=O) groups excluding carboxylic acids is 1. The summed E-state index contributed by atoms with van der Waals surface area (Å²) in [4.78, 5) is 21.0. The molecule has 0 atom stereocenters. The minimum absolute atomic E-state index is 0.275. The van der Waals surface area contributed by atoms with E-state index in [0.717, 1.165) is 11.4 Å². The van der Waals surface area contributed by atoms with Crippen LogP contribution in [0.25, 0.3) is 16.7 Å². The number of hydrogen-bond donors (Lipinski definition) is 1. The minimum atomic E-state index is -0.360. The van der Waals surface area contributed by atoms with Crippen molar-refractivity contribution >= 4 is 45.0 Å². The Hall–Kier alpha value is -2.97. The predicted molar refractivity (Wildman–Crippen MR) is 105 cm³/mol. The van der Waals surface area contributed by atoms with Gasteiger partial charge in [-0.1, -0.05) is 11.6 Å². The van der Waals surface area contributed by atoms with Crippen LogP contribution in [-0.4, -0.2) is 32.8 Å². The number of pyridine rings is 1. The quantitative estimate of drug-likeness (QED) is 0.558. The second-order valence-corrected chi connectivity index (χ2v) is 6.94. The molecule has 0 aliphatic carbocycles. The molecule has 0 saturated carbocycles. The molecule has 4 rings (SSSR count). The number of nitrogens with one attached hydrogen (secondary N) is 1. The molecule has 0 aliphatic rings. The largest absolute Gasteiger partial charge is 0.497 e. The lowest BCUT2D eigenvalue weighted by Gasteiger charge is -2.07. The maximum atomic E-state index is 12.5. The third kappa shape index (κ3) is 3.13. The molecule has 0 aliphatic heterocycles. The van der Waals surface area contributed by atoms with Crippen molar-refractivity contribution < 1.29 is 9.53 Å². The Kier molecular flexibility index (Phi) is 4.51. The molecule has 1 aromatic carbocycles. The summed E-state index contributed by atoms with van der Waals surface area (Å²) in [5, 5.41) is 10.5. The number of carbonyl (C=O) groups is 1. The van der Waals surface area contributed by atoms with Gasteiger partial charge in [0.1, 0.15) is 5.75 Å². The Morgan fingerprint density at radius 3 is 2.70 bits per heavy atom. The number of halogens is 1. The van der Waals surface area contributed by atoms with Crippen molar-refractivity contribution in [1.82, 2.24) is 19.7 Å². The Morgan fingerprint density at radius 2 is 2.04 bits per heavy atom. The van der Waals surface area contributed by atoms with Gasteiger partial charge < -0.3 is 4.74 Å². The van der Waals surface area contributed by atoms with E-state index < -0.39 is 0 Å². The molecule has 136 valence electrons. The van der Waals surface area contributed by atoms with E-state index in [-0.39, 0.29) is 11.5 Å². The van der Waals surface area contributed by atoms with Gasteiger partial charge in [0.2, 0.25) is 0 Å². The summed E-state index contributed by atoms with van der Waals surface area (Å²) < 4.78 is 6.88. The first-order chi connectivity index (χ1) is 13.1. The topological polar surface area (TPSA) is 81.9 Å². The lowest BCUT2D eigenvalue weighted by atomic mass is 10.2. The number of fused-ring (bicyclic) bond motifs is 1. The zero-order valence-corrected chi connectivity index (χ0v) is 16.0. The van der Waals surface area contributed by atoms with E-state index in [9.17, 15) is 4.79 Å². The monoisotopic (exact) mass is 399 g/mol. The SMILES string of the molecule is COc1ccc(-n2nc(C)c3c(Cl)c(C(=O)Nc4nccs4)cnc32)cc1. The van der Waals surface area contributed by atoms with E-state index in [1.54, 1.807) is 23.4 Å². The molecule has 4 aromatic rings. The smallest absolute Gasteiger partial charge is 0.260 e. The first-order valence-corrected chi connectivity index (χ1v) is 9.23. The summed E-state index contributed by atoms with van der Waals surface area (Å²) in [6, 6.07) is 7.44. The minimum Gasteiger partial charge on any atom is -0.497 e. The molecular weight excluding hydrogens is 386 g/mol. The molecule has 0 bridgehead atoms. The maximum absolute atomic E-state index is 12.5. The van der Waals surface area contributed by atoms with Crippen LogP contribution in [0.2, 0.25) is 5.02 Å². The number of thiazole rings is 1. The highest BCUT2D eigenvalue weighted by molar-refractivity contribution is 7.13. The molecule has 3 heterocycles. The number of methoxy groups -OCH3 is 1. The highest BCUT2D eigenvalue weighted by atomic mass is 35.5. The number of aryl methyl sites for hydroxylation is 1. The van der Waals surface area contributed by atoms with Gasteiger partial charge in [-0.2, -0.15) is 5.10 Å². The van der Waals surface area contributed by atoms with Gasteiger partial charge in [-0.05, 0) is 31.2 Å². The molecule has 1 amide bonds. The lowest BCUT2D eigenvalue weighted by Crippen LogP contribution is -2.13. The van der Waals surface area contributed by atoms with E-state index in [0.29, 0.717) is 26.9 Å². The fraction of sp³-hybridized carbons (Fsp3) is 0.111.